The Labute approximate surface area is 158 Å². The molecule has 0 aliphatic carbocycles. The molecule has 1 amide bonds. The topological polar surface area (TPSA) is 84.1 Å². The normalized spacial score (nSPS) is 10.7. The summed E-state index contributed by atoms with van der Waals surface area (Å²) < 4.78 is 5.50. The maximum absolute atomic E-state index is 12.2. The minimum Gasteiger partial charge on any atom is -0.494 e. The molecular formula is C21H23N3O3. The number of ether oxygens (including phenoxy) is 1. The van der Waals surface area contributed by atoms with Crippen LogP contribution in [0.2, 0.25) is 0 Å². The Morgan fingerprint density at radius 1 is 1.07 bits per heavy atom. The highest BCUT2D eigenvalue weighted by atomic mass is 16.5. The summed E-state index contributed by atoms with van der Waals surface area (Å²) >= 11 is 0. The van der Waals surface area contributed by atoms with Crippen LogP contribution in [0.1, 0.15) is 42.4 Å². The Morgan fingerprint density at radius 3 is 2.59 bits per heavy atom. The highest BCUT2D eigenvalue weighted by molar-refractivity contribution is 5.98. The first-order valence-corrected chi connectivity index (χ1v) is 9.12. The van der Waals surface area contributed by atoms with Crippen molar-refractivity contribution in [2.24, 2.45) is 0 Å². The highest BCUT2D eigenvalue weighted by Crippen LogP contribution is 2.14. The van der Waals surface area contributed by atoms with E-state index in [-0.39, 0.29) is 24.5 Å². The first-order chi connectivity index (χ1) is 13.2. The molecule has 0 atom stereocenters. The predicted octanol–water partition coefficient (Wildman–Crippen LogP) is 3.63. The molecule has 2 aromatic carbocycles. The molecule has 0 saturated heterocycles. The number of nitrogens with one attached hydrogen (secondary N) is 2. The van der Waals surface area contributed by atoms with E-state index in [0.717, 1.165) is 23.2 Å². The molecule has 6 heteroatoms. The van der Waals surface area contributed by atoms with Crippen molar-refractivity contribution in [3.05, 3.63) is 59.9 Å². The lowest BCUT2D eigenvalue weighted by molar-refractivity contribution is -0.121. The molecule has 1 heterocycles. The number of ketones is 1. The molecule has 0 spiro atoms. The lowest BCUT2D eigenvalue weighted by atomic mass is 10.1. The van der Waals surface area contributed by atoms with E-state index >= 15 is 0 Å². The number of hydrogen-bond acceptors (Lipinski definition) is 4. The van der Waals surface area contributed by atoms with E-state index in [1.165, 1.54) is 0 Å². The molecule has 2 N–H and O–H groups in total. The number of amides is 1. The fraction of sp³-hybridized carbons (Fsp3) is 0.286. The standard InChI is InChI=1S/C21H23N3O3/c1-2-13-27-16-9-7-15(8-10-16)19(25)11-12-21(26)22-14-20-23-17-5-3-4-6-18(17)24-20/h3-10H,2,11-14H2,1H3,(H,22,26)(H,23,24). The number of para-hydroxylation sites is 2. The number of aromatic amines is 1. The zero-order valence-electron chi connectivity index (χ0n) is 15.3. The van der Waals surface area contributed by atoms with Crippen molar-refractivity contribution in [2.75, 3.05) is 6.61 Å². The van der Waals surface area contributed by atoms with E-state index in [4.69, 9.17) is 4.74 Å². The van der Waals surface area contributed by atoms with Gasteiger partial charge in [-0.05, 0) is 42.8 Å². The van der Waals surface area contributed by atoms with Crippen molar-refractivity contribution in [3.8, 4) is 5.75 Å². The molecule has 0 aliphatic heterocycles. The number of nitrogens with zero attached hydrogens (tertiary/aromatic N) is 1. The molecule has 27 heavy (non-hydrogen) atoms. The minimum atomic E-state index is -0.174. The van der Waals surface area contributed by atoms with Crippen molar-refractivity contribution >= 4 is 22.7 Å². The van der Waals surface area contributed by atoms with Gasteiger partial charge in [-0.25, -0.2) is 4.98 Å². The molecule has 3 aromatic rings. The van der Waals surface area contributed by atoms with Gasteiger partial charge in [0.2, 0.25) is 5.91 Å². The number of imidazole rings is 1. The largest absolute Gasteiger partial charge is 0.494 e. The summed E-state index contributed by atoms with van der Waals surface area (Å²) in [6, 6.07) is 14.7. The zero-order valence-corrected chi connectivity index (χ0v) is 15.3. The van der Waals surface area contributed by atoms with Crippen molar-refractivity contribution in [2.45, 2.75) is 32.7 Å². The molecule has 0 aliphatic rings. The van der Waals surface area contributed by atoms with E-state index in [9.17, 15) is 9.59 Å². The average molecular weight is 365 g/mol. The van der Waals surface area contributed by atoms with Crippen LogP contribution in [-0.4, -0.2) is 28.3 Å². The summed E-state index contributed by atoms with van der Waals surface area (Å²) in [5.41, 5.74) is 2.38. The molecule has 3 rings (SSSR count). The van der Waals surface area contributed by atoms with Gasteiger partial charge in [0.1, 0.15) is 11.6 Å². The van der Waals surface area contributed by atoms with Gasteiger partial charge in [-0.1, -0.05) is 19.1 Å². The molecule has 0 fully saturated rings. The van der Waals surface area contributed by atoms with E-state index in [1.807, 2.05) is 31.2 Å². The van der Waals surface area contributed by atoms with Gasteiger partial charge in [0.15, 0.2) is 5.78 Å². The quantitative estimate of drug-likeness (QED) is 0.567. The van der Waals surface area contributed by atoms with Gasteiger partial charge in [0.05, 0.1) is 24.2 Å². The van der Waals surface area contributed by atoms with Gasteiger partial charge in [-0.3, -0.25) is 9.59 Å². The van der Waals surface area contributed by atoms with Gasteiger partial charge in [0, 0.05) is 18.4 Å². The molecular weight excluding hydrogens is 342 g/mol. The van der Waals surface area contributed by atoms with Crippen LogP contribution >= 0.6 is 0 Å². The minimum absolute atomic E-state index is 0.0593. The number of carbonyl (C=O) groups is 2. The summed E-state index contributed by atoms with van der Waals surface area (Å²) in [5.74, 6) is 1.21. The van der Waals surface area contributed by atoms with E-state index in [1.54, 1.807) is 24.3 Å². The first kappa shape index (κ1) is 18.6. The number of aromatic nitrogens is 2. The van der Waals surface area contributed by atoms with Crippen molar-refractivity contribution in [1.29, 1.82) is 0 Å². The Kier molecular flexibility index (Phi) is 6.20. The predicted molar refractivity (Wildman–Crippen MR) is 104 cm³/mol. The van der Waals surface area contributed by atoms with E-state index in [0.29, 0.717) is 24.5 Å². The van der Waals surface area contributed by atoms with Gasteiger partial charge < -0.3 is 15.0 Å². The summed E-state index contributed by atoms with van der Waals surface area (Å²) in [7, 11) is 0. The van der Waals surface area contributed by atoms with Crippen molar-refractivity contribution in [3.63, 3.8) is 0 Å². The molecule has 0 radical (unpaired) electrons. The van der Waals surface area contributed by atoms with Crippen LogP contribution in [0.15, 0.2) is 48.5 Å². The third kappa shape index (κ3) is 5.17. The molecule has 6 nitrogen and oxygen atoms in total. The Bertz CT molecular complexity index is 883. The number of carbonyl (C=O) groups excluding carboxylic acids is 2. The van der Waals surface area contributed by atoms with E-state index < -0.39 is 0 Å². The van der Waals surface area contributed by atoms with Crippen LogP contribution < -0.4 is 10.1 Å². The highest BCUT2D eigenvalue weighted by Gasteiger charge is 2.10. The monoisotopic (exact) mass is 365 g/mol. The summed E-state index contributed by atoms with van der Waals surface area (Å²) in [5, 5.41) is 2.79. The number of fused-ring (bicyclic) bond motifs is 1. The van der Waals surface area contributed by atoms with Crippen LogP contribution in [0, 0.1) is 0 Å². The second-order valence-corrected chi connectivity index (χ2v) is 6.27. The third-order valence-electron chi connectivity index (χ3n) is 4.12. The van der Waals surface area contributed by atoms with E-state index in [2.05, 4.69) is 15.3 Å². The Hall–Kier alpha value is -3.15. The molecule has 0 bridgehead atoms. The van der Waals surface area contributed by atoms with Crippen LogP contribution in [0.25, 0.3) is 11.0 Å². The smallest absolute Gasteiger partial charge is 0.220 e. The van der Waals surface area contributed by atoms with Gasteiger partial charge in [-0.15, -0.1) is 0 Å². The number of rotatable bonds is 9. The SMILES string of the molecule is CCCOc1ccc(C(=O)CCC(=O)NCc2nc3ccccc3[nH]2)cc1. The number of hydrogen-bond donors (Lipinski definition) is 2. The Morgan fingerprint density at radius 2 is 1.85 bits per heavy atom. The fourth-order valence-electron chi connectivity index (χ4n) is 2.69. The number of H-pyrrole nitrogens is 1. The Balaban J connectivity index is 1.44. The van der Waals surface area contributed by atoms with Crippen LogP contribution in [0.3, 0.4) is 0 Å². The molecule has 0 saturated carbocycles. The van der Waals surface area contributed by atoms with Gasteiger partial charge in [-0.2, -0.15) is 0 Å². The third-order valence-corrected chi connectivity index (χ3v) is 4.12. The van der Waals surface area contributed by atoms with Crippen molar-refractivity contribution in [1.82, 2.24) is 15.3 Å². The lowest BCUT2D eigenvalue weighted by Gasteiger charge is -2.06. The molecule has 1 aromatic heterocycles. The maximum atomic E-state index is 12.2. The summed E-state index contributed by atoms with van der Waals surface area (Å²) in [6.07, 6.45) is 1.25. The second-order valence-electron chi connectivity index (χ2n) is 6.27. The van der Waals surface area contributed by atoms with Crippen LogP contribution in [0.4, 0.5) is 0 Å². The summed E-state index contributed by atoms with van der Waals surface area (Å²) in [6.45, 7) is 3.00. The van der Waals surface area contributed by atoms with Crippen LogP contribution in [-0.2, 0) is 11.3 Å². The number of Topliss-reactive ketones (excluding diaryl/α,β-unsaturated/α-hetero) is 1. The first-order valence-electron chi connectivity index (χ1n) is 9.12. The lowest BCUT2D eigenvalue weighted by Crippen LogP contribution is -2.23. The fourth-order valence-corrected chi connectivity index (χ4v) is 2.69. The molecule has 0 unspecified atom stereocenters. The number of benzene rings is 2. The maximum Gasteiger partial charge on any atom is 0.220 e. The van der Waals surface area contributed by atoms with Crippen molar-refractivity contribution < 1.29 is 14.3 Å². The second kappa shape index (κ2) is 8.98. The average Bonchev–Trinajstić information content (AvgIpc) is 3.12. The summed E-state index contributed by atoms with van der Waals surface area (Å²) in [4.78, 5) is 31.8. The van der Waals surface area contributed by atoms with Gasteiger partial charge in [0.25, 0.3) is 0 Å². The zero-order chi connectivity index (χ0) is 19.1. The molecule has 140 valence electrons. The van der Waals surface area contributed by atoms with Crippen LogP contribution in [0.5, 0.6) is 5.75 Å². The van der Waals surface area contributed by atoms with Gasteiger partial charge >= 0.3 is 0 Å².